The highest BCUT2D eigenvalue weighted by atomic mass is 127. The first-order valence-electron chi connectivity index (χ1n) is 7.14. The molecule has 0 heterocycles. The summed E-state index contributed by atoms with van der Waals surface area (Å²) in [6.45, 7) is 0.895. The minimum atomic E-state index is -0.483. The summed E-state index contributed by atoms with van der Waals surface area (Å²) in [6, 6.07) is 5.67. The van der Waals surface area contributed by atoms with Crippen molar-refractivity contribution in [3.05, 3.63) is 26.8 Å². The Morgan fingerprint density at radius 1 is 1.35 bits per heavy atom. The number of ether oxygens (including phenoxy) is 1. The minimum absolute atomic E-state index is 0.342. The van der Waals surface area contributed by atoms with Crippen LogP contribution in [0.4, 0.5) is 5.69 Å². The SMILES string of the molecule is OC(CNc1ccc(Cl)cc1I)COC1CCCCC1. The van der Waals surface area contributed by atoms with Crippen molar-refractivity contribution in [3.63, 3.8) is 0 Å². The first kappa shape index (κ1) is 16.3. The van der Waals surface area contributed by atoms with Gasteiger partial charge in [-0.3, -0.25) is 0 Å². The number of hydrogen-bond acceptors (Lipinski definition) is 3. The van der Waals surface area contributed by atoms with Crippen LogP contribution in [0.2, 0.25) is 5.02 Å². The topological polar surface area (TPSA) is 41.5 Å². The van der Waals surface area contributed by atoms with Crippen LogP contribution in [0.15, 0.2) is 18.2 Å². The highest BCUT2D eigenvalue weighted by Crippen LogP contribution is 2.22. The van der Waals surface area contributed by atoms with Gasteiger partial charge in [0.05, 0.1) is 18.8 Å². The Hall–Kier alpha value is -0.0400. The molecule has 1 aromatic rings. The molecule has 20 heavy (non-hydrogen) atoms. The predicted octanol–water partition coefficient (Wildman–Crippen LogP) is 4.07. The van der Waals surface area contributed by atoms with E-state index in [9.17, 15) is 5.11 Å². The molecule has 1 fully saturated rings. The van der Waals surface area contributed by atoms with Gasteiger partial charge in [-0.15, -0.1) is 0 Å². The van der Waals surface area contributed by atoms with Gasteiger partial charge in [-0.25, -0.2) is 0 Å². The molecule has 0 saturated heterocycles. The van der Waals surface area contributed by atoms with Gasteiger partial charge >= 0.3 is 0 Å². The van der Waals surface area contributed by atoms with Gasteiger partial charge in [0.2, 0.25) is 0 Å². The van der Waals surface area contributed by atoms with Crippen LogP contribution < -0.4 is 5.32 Å². The second-order valence-electron chi connectivity index (χ2n) is 5.25. The molecule has 2 N–H and O–H groups in total. The summed E-state index contributed by atoms with van der Waals surface area (Å²) in [4.78, 5) is 0. The average molecular weight is 410 g/mol. The second kappa shape index (κ2) is 8.41. The number of benzene rings is 1. The summed E-state index contributed by atoms with van der Waals surface area (Å²) in [7, 11) is 0. The molecule has 0 aliphatic heterocycles. The minimum Gasteiger partial charge on any atom is -0.389 e. The van der Waals surface area contributed by atoms with Crippen molar-refractivity contribution < 1.29 is 9.84 Å². The lowest BCUT2D eigenvalue weighted by Gasteiger charge is -2.23. The Bertz CT molecular complexity index is 424. The largest absolute Gasteiger partial charge is 0.389 e. The quantitative estimate of drug-likeness (QED) is 0.696. The molecule has 1 unspecified atom stereocenters. The van der Waals surface area contributed by atoms with E-state index in [1.165, 1.54) is 19.3 Å². The molecule has 0 bridgehead atoms. The fourth-order valence-electron chi connectivity index (χ4n) is 2.40. The molecule has 1 aromatic carbocycles. The van der Waals surface area contributed by atoms with Crippen molar-refractivity contribution >= 4 is 39.9 Å². The van der Waals surface area contributed by atoms with Crippen LogP contribution in [0.3, 0.4) is 0 Å². The van der Waals surface area contributed by atoms with Crippen LogP contribution in [-0.4, -0.2) is 30.5 Å². The number of nitrogens with one attached hydrogen (secondary N) is 1. The molecule has 0 aromatic heterocycles. The zero-order valence-electron chi connectivity index (χ0n) is 11.4. The van der Waals surface area contributed by atoms with Gasteiger partial charge in [-0.2, -0.15) is 0 Å². The van der Waals surface area contributed by atoms with Gasteiger partial charge in [0.25, 0.3) is 0 Å². The Balaban J connectivity index is 1.70. The van der Waals surface area contributed by atoms with Crippen LogP contribution in [0.1, 0.15) is 32.1 Å². The number of anilines is 1. The Morgan fingerprint density at radius 2 is 2.10 bits per heavy atom. The normalized spacial score (nSPS) is 17.9. The number of rotatable bonds is 6. The summed E-state index contributed by atoms with van der Waals surface area (Å²) in [6.07, 6.45) is 5.95. The van der Waals surface area contributed by atoms with Gasteiger partial charge in [-0.05, 0) is 53.6 Å². The number of hydrogen-bond donors (Lipinski definition) is 2. The predicted molar refractivity (Wildman–Crippen MR) is 91.5 cm³/mol. The van der Waals surface area contributed by atoms with Gasteiger partial charge in [0.15, 0.2) is 0 Å². The van der Waals surface area contributed by atoms with E-state index in [0.29, 0.717) is 19.3 Å². The lowest BCUT2D eigenvalue weighted by atomic mass is 9.98. The summed E-state index contributed by atoms with van der Waals surface area (Å²) in [5, 5.41) is 13.9. The van der Waals surface area contributed by atoms with E-state index in [1.54, 1.807) is 0 Å². The molecule has 3 nitrogen and oxygen atoms in total. The zero-order valence-corrected chi connectivity index (χ0v) is 14.4. The first-order chi connectivity index (χ1) is 9.65. The number of aliphatic hydroxyl groups is 1. The summed E-state index contributed by atoms with van der Waals surface area (Å²) < 4.78 is 6.82. The Morgan fingerprint density at radius 3 is 2.80 bits per heavy atom. The summed E-state index contributed by atoms with van der Waals surface area (Å²) in [5.74, 6) is 0. The van der Waals surface area contributed by atoms with E-state index >= 15 is 0 Å². The van der Waals surface area contributed by atoms with Gasteiger partial charge in [0.1, 0.15) is 0 Å². The fraction of sp³-hybridized carbons (Fsp3) is 0.600. The van der Waals surface area contributed by atoms with E-state index in [0.717, 1.165) is 27.1 Å². The van der Waals surface area contributed by atoms with Crippen molar-refractivity contribution in [2.75, 3.05) is 18.5 Å². The van der Waals surface area contributed by atoms with Crippen molar-refractivity contribution in [2.24, 2.45) is 0 Å². The molecular weight excluding hydrogens is 389 g/mol. The Kier molecular flexibility index (Phi) is 6.87. The molecule has 1 aliphatic carbocycles. The molecule has 1 aliphatic rings. The molecular formula is C15H21ClINO2. The molecule has 0 spiro atoms. The van der Waals surface area contributed by atoms with E-state index in [-0.39, 0.29) is 0 Å². The third-order valence-corrected chi connectivity index (χ3v) is 4.66. The van der Waals surface area contributed by atoms with Gasteiger partial charge in [0, 0.05) is 20.8 Å². The highest BCUT2D eigenvalue weighted by molar-refractivity contribution is 14.1. The fourth-order valence-corrected chi connectivity index (χ4v) is 3.46. The lowest BCUT2D eigenvalue weighted by molar-refractivity contribution is -0.0195. The van der Waals surface area contributed by atoms with Gasteiger partial charge < -0.3 is 15.2 Å². The van der Waals surface area contributed by atoms with Crippen LogP contribution in [0.5, 0.6) is 0 Å². The van der Waals surface area contributed by atoms with E-state index < -0.39 is 6.10 Å². The van der Waals surface area contributed by atoms with E-state index in [2.05, 4.69) is 27.9 Å². The van der Waals surface area contributed by atoms with Crippen LogP contribution in [-0.2, 0) is 4.74 Å². The molecule has 0 amide bonds. The zero-order chi connectivity index (χ0) is 14.4. The summed E-state index contributed by atoms with van der Waals surface area (Å²) >= 11 is 8.14. The number of aliphatic hydroxyl groups excluding tert-OH is 1. The van der Waals surface area contributed by atoms with E-state index in [4.69, 9.17) is 16.3 Å². The maximum Gasteiger partial charge on any atom is 0.0945 e. The molecule has 0 radical (unpaired) electrons. The summed E-state index contributed by atoms with van der Waals surface area (Å²) in [5.41, 5.74) is 0.992. The highest BCUT2D eigenvalue weighted by Gasteiger charge is 2.15. The molecule has 1 atom stereocenters. The van der Waals surface area contributed by atoms with E-state index in [1.807, 2.05) is 18.2 Å². The van der Waals surface area contributed by atoms with Crippen molar-refractivity contribution in [2.45, 2.75) is 44.3 Å². The average Bonchev–Trinajstić information content (AvgIpc) is 2.45. The third kappa shape index (κ3) is 5.39. The monoisotopic (exact) mass is 409 g/mol. The molecule has 2 rings (SSSR count). The van der Waals surface area contributed by atoms with Crippen LogP contribution in [0, 0.1) is 3.57 Å². The smallest absolute Gasteiger partial charge is 0.0945 e. The molecule has 1 saturated carbocycles. The third-order valence-electron chi connectivity index (χ3n) is 3.54. The lowest BCUT2D eigenvalue weighted by Crippen LogP contribution is -2.28. The Labute approximate surface area is 139 Å². The van der Waals surface area contributed by atoms with Crippen molar-refractivity contribution in [1.82, 2.24) is 0 Å². The molecule has 5 heteroatoms. The van der Waals surface area contributed by atoms with Crippen LogP contribution >= 0.6 is 34.2 Å². The van der Waals surface area contributed by atoms with Crippen molar-refractivity contribution in [3.8, 4) is 0 Å². The van der Waals surface area contributed by atoms with Crippen molar-refractivity contribution in [1.29, 1.82) is 0 Å². The molecule has 112 valence electrons. The number of halogens is 2. The standard InChI is InChI=1S/C15H21ClINO2/c16-11-6-7-15(14(17)8-11)18-9-12(19)10-20-13-4-2-1-3-5-13/h6-8,12-13,18-19H,1-5,9-10H2. The van der Waals surface area contributed by atoms with Gasteiger partial charge in [-0.1, -0.05) is 30.9 Å². The van der Waals surface area contributed by atoms with Crippen LogP contribution in [0.25, 0.3) is 0 Å². The maximum absolute atomic E-state index is 9.97. The second-order valence-corrected chi connectivity index (χ2v) is 6.85. The maximum atomic E-state index is 9.97. The first-order valence-corrected chi connectivity index (χ1v) is 8.59.